The van der Waals surface area contributed by atoms with Gasteiger partial charge in [-0.25, -0.2) is 0 Å². The second-order valence-corrected chi connectivity index (χ2v) is 10.4. The van der Waals surface area contributed by atoms with Crippen LogP contribution in [0.25, 0.3) is 0 Å². The summed E-state index contributed by atoms with van der Waals surface area (Å²) in [4.78, 5) is 41.2. The molecule has 1 aliphatic carbocycles. The van der Waals surface area contributed by atoms with E-state index in [1.54, 1.807) is 36.2 Å². The Balaban J connectivity index is 2.14. The van der Waals surface area contributed by atoms with Gasteiger partial charge in [0.1, 0.15) is 12.1 Å². The van der Waals surface area contributed by atoms with Crippen molar-refractivity contribution < 1.29 is 19.5 Å². The molecule has 0 bridgehead atoms. The fraction of sp³-hybridized carbons (Fsp3) is 0.679. The molecule has 3 N–H and O–H groups in total. The van der Waals surface area contributed by atoms with E-state index in [9.17, 15) is 19.5 Å². The summed E-state index contributed by atoms with van der Waals surface area (Å²) in [7, 11) is 1.79. The molecular weight excluding hydrogens is 442 g/mol. The summed E-state index contributed by atoms with van der Waals surface area (Å²) >= 11 is 0. The van der Waals surface area contributed by atoms with Gasteiger partial charge < -0.3 is 20.6 Å². The van der Waals surface area contributed by atoms with E-state index in [2.05, 4.69) is 17.6 Å². The Morgan fingerprint density at radius 2 is 1.63 bits per heavy atom. The highest BCUT2D eigenvalue weighted by Gasteiger charge is 2.32. The van der Waals surface area contributed by atoms with Crippen molar-refractivity contribution in [3.8, 4) is 0 Å². The van der Waals surface area contributed by atoms with E-state index in [1.807, 2.05) is 19.9 Å². The van der Waals surface area contributed by atoms with Crippen LogP contribution in [0.1, 0.15) is 90.2 Å². The number of aliphatic hydroxyl groups is 1. The largest absolute Gasteiger partial charge is 0.378 e. The van der Waals surface area contributed by atoms with Gasteiger partial charge in [-0.05, 0) is 36.7 Å². The van der Waals surface area contributed by atoms with Crippen LogP contribution in [0.15, 0.2) is 30.3 Å². The summed E-state index contributed by atoms with van der Waals surface area (Å²) < 4.78 is 0. The van der Waals surface area contributed by atoms with Gasteiger partial charge in [0, 0.05) is 13.6 Å². The highest BCUT2D eigenvalue weighted by molar-refractivity contribution is 5.93. The van der Waals surface area contributed by atoms with Gasteiger partial charge in [-0.2, -0.15) is 0 Å². The van der Waals surface area contributed by atoms with Crippen LogP contribution in [0.4, 0.5) is 0 Å². The smallest absolute Gasteiger partial charge is 0.254 e. The normalized spacial score (nSPS) is 16.9. The van der Waals surface area contributed by atoms with E-state index in [4.69, 9.17) is 0 Å². The Labute approximate surface area is 211 Å². The second-order valence-electron chi connectivity index (χ2n) is 10.4. The van der Waals surface area contributed by atoms with Gasteiger partial charge in [0.05, 0.1) is 0 Å². The first kappa shape index (κ1) is 28.8. The zero-order valence-electron chi connectivity index (χ0n) is 22.0. The first-order chi connectivity index (χ1) is 16.7. The number of carbonyl (C=O) groups excluding carboxylic acids is 3. The highest BCUT2D eigenvalue weighted by Crippen LogP contribution is 2.28. The Morgan fingerprint density at radius 3 is 2.23 bits per heavy atom. The van der Waals surface area contributed by atoms with E-state index >= 15 is 0 Å². The molecule has 0 radical (unpaired) electrons. The highest BCUT2D eigenvalue weighted by atomic mass is 16.3. The number of amides is 3. The lowest BCUT2D eigenvalue weighted by Gasteiger charge is -2.31. The van der Waals surface area contributed by atoms with E-state index < -0.39 is 24.1 Å². The van der Waals surface area contributed by atoms with Crippen molar-refractivity contribution in [1.29, 1.82) is 0 Å². The van der Waals surface area contributed by atoms with Crippen molar-refractivity contribution in [2.45, 2.75) is 96.7 Å². The zero-order chi connectivity index (χ0) is 25.8. The molecule has 196 valence electrons. The number of nitrogens with one attached hydrogen (secondary N) is 2. The van der Waals surface area contributed by atoms with Gasteiger partial charge in [-0.3, -0.25) is 14.4 Å². The van der Waals surface area contributed by atoms with Gasteiger partial charge in [0.25, 0.3) is 5.91 Å². The van der Waals surface area contributed by atoms with Crippen LogP contribution in [0.2, 0.25) is 0 Å². The summed E-state index contributed by atoms with van der Waals surface area (Å²) in [5, 5.41) is 16.2. The van der Waals surface area contributed by atoms with E-state index in [-0.39, 0.29) is 17.7 Å². The maximum Gasteiger partial charge on any atom is 0.254 e. The van der Waals surface area contributed by atoms with Gasteiger partial charge in [-0.15, -0.1) is 0 Å². The summed E-state index contributed by atoms with van der Waals surface area (Å²) in [6.07, 6.45) is 7.28. The lowest BCUT2D eigenvalue weighted by Crippen LogP contribution is -2.55. The van der Waals surface area contributed by atoms with Crippen molar-refractivity contribution in [1.82, 2.24) is 15.5 Å². The van der Waals surface area contributed by atoms with Crippen molar-refractivity contribution >= 4 is 17.7 Å². The molecule has 0 saturated heterocycles. The monoisotopic (exact) mass is 487 g/mol. The number of benzene rings is 1. The molecule has 1 aromatic carbocycles. The minimum absolute atomic E-state index is 0.0729. The predicted octanol–water partition coefficient (Wildman–Crippen LogP) is 3.96. The molecule has 0 unspecified atom stereocenters. The van der Waals surface area contributed by atoms with Crippen molar-refractivity contribution in [2.75, 3.05) is 13.6 Å². The van der Waals surface area contributed by atoms with E-state index in [0.717, 1.165) is 38.5 Å². The number of unbranched alkanes of at least 4 members (excludes halogenated alkanes) is 1. The van der Waals surface area contributed by atoms with E-state index in [1.165, 1.54) is 6.42 Å². The molecule has 1 aliphatic rings. The minimum Gasteiger partial charge on any atom is -0.378 e. The van der Waals surface area contributed by atoms with Gasteiger partial charge >= 0.3 is 0 Å². The third kappa shape index (κ3) is 9.63. The van der Waals surface area contributed by atoms with Crippen LogP contribution >= 0.6 is 0 Å². The molecule has 0 heterocycles. The second kappa shape index (κ2) is 14.9. The lowest BCUT2D eigenvalue weighted by molar-refractivity contribution is -0.138. The predicted molar refractivity (Wildman–Crippen MR) is 138 cm³/mol. The quantitative estimate of drug-likeness (QED) is 0.392. The van der Waals surface area contributed by atoms with E-state index in [0.29, 0.717) is 30.9 Å². The van der Waals surface area contributed by atoms with Crippen LogP contribution in [-0.2, 0) is 14.4 Å². The summed E-state index contributed by atoms with van der Waals surface area (Å²) in [6, 6.07) is 7.21. The average molecular weight is 488 g/mol. The number of hydrogen-bond acceptors (Lipinski definition) is 4. The van der Waals surface area contributed by atoms with Crippen LogP contribution in [0.3, 0.4) is 0 Å². The molecule has 1 fully saturated rings. The number of nitrogens with zero attached hydrogens (tertiary/aromatic N) is 1. The van der Waals surface area contributed by atoms with Crippen LogP contribution in [0, 0.1) is 11.8 Å². The first-order valence-electron chi connectivity index (χ1n) is 13.3. The summed E-state index contributed by atoms with van der Waals surface area (Å²) in [5.41, 5.74) is 0.469. The molecule has 0 aromatic heterocycles. The fourth-order valence-corrected chi connectivity index (χ4v) is 4.76. The van der Waals surface area contributed by atoms with Crippen molar-refractivity contribution in [3.05, 3.63) is 35.9 Å². The number of aliphatic hydroxyl groups excluding tert-OH is 1. The van der Waals surface area contributed by atoms with Gasteiger partial charge in [0.15, 0.2) is 6.10 Å². The molecule has 2 rings (SSSR count). The molecule has 7 nitrogen and oxygen atoms in total. The molecule has 3 atom stereocenters. The Hall–Kier alpha value is -2.41. The summed E-state index contributed by atoms with van der Waals surface area (Å²) in [5.74, 6) is -0.510. The van der Waals surface area contributed by atoms with Crippen LogP contribution in [0.5, 0.6) is 0 Å². The van der Waals surface area contributed by atoms with Gasteiger partial charge in [0.2, 0.25) is 11.8 Å². The number of likely N-dealkylation sites (N-methyl/N-ethyl adjacent to an activating group) is 1. The number of hydrogen-bond donors (Lipinski definition) is 3. The van der Waals surface area contributed by atoms with Gasteiger partial charge in [-0.1, -0.05) is 89.6 Å². The molecule has 35 heavy (non-hydrogen) atoms. The molecule has 0 spiro atoms. The molecule has 1 saturated carbocycles. The van der Waals surface area contributed by atoms with Crippen LogP contribution in [-0.4, -0.2) is 53.4 Å². The average Bonchev–Trinajstić information content (AvgIpc) is 2.86. The summed E-state index contributed by atoms with van der Waals surface area (Å²) in [6.45, 7) is 6.69. The molecule has 1 aromatic rings. The molecule has 7 heteroatoms. The van der Waals surface area contributed by atoms with Crippen molar-refractivity contribution in [3.63, 3.8) is 0 Å². The third-order valence-electron chi connectivity index (χ3n) is 6.84. The standard InChI is InChI=1S/C28H45N3O4/c1-5-6-17-31(4)28(35)24(19-21-13-9-7-10-14-21)30-26(33)23(18-20(2)3)29-27(34)25(32)22-15-11-8-12-16-22/h8,11-12,15-16,20-21,23-25,32H,5-7,9-10,13-14,17-19H2,1-4H3,(H,29,34)(H,30,33)/t23-,24-,25+/m0/s1. The third-order valence-corrected chi connectivity index (χ3v) is 6.84. The fourth-order valence-electron chi connectivity index (χ4n) is 4.76. The lowest BCUT2D eigenvalue weighted by atomic mass is 9.84. The SMILES string of the molecule is CCCCN(C)C(=O)[C@H](CC1CCCCC1)NC(=O)[C@H](CC(C)C)NC(=O)[C@H](O)c1ccccc1. The Bertz CT molecular complexity index is 793. The number of carbonyl (C=O) groups is 3. The molecular formula is C28H45N3O4. The number of rotatable bonds is 13. The van der Waals surface area contributed by atoms with Crippen molar-refractivity contribution in [2.24, 2.45) is 11.8 Å². The topological polar surface area (TPSA) is 98.7 Å². The minimum atomic E-state index is -1.36. The molecule has 3 amide bonds. The molecule has 0 aliphatic heterocycles. The first-order valence-corrected chi connectivity index (χ1v) is 13.3. The Kier molecular flexibility index (Phi) is 12.2. The maximum atomic E-state index is 13.4. The Morgan fingerprint density at radius 1 is 1.00 bits per heavy atom. The zero-order valence-corrected chi connectivity index (χ0v) is 22.0. The maximum absolute atomic E-state index is 13.4. The van der Waals surface area contributed by atoms with Crippen LogP contribution < -0.4 is 10.6 Å².